The van der Waals surface area contributed by atoms with Crippen LogP contribution >= 0.6 is 0 Å². The summed E-state index contributed by atoms with van der Waals surface area (Å²) in [4.78, 5) is 22.4. The first-order valence-corrected chi connectivity index (χ1v) is 6.47. The molecule has 1 fully saturated rings. The van der Waals surface area contributed by atoms with Crippen LogP contribution in [-0.2, 0) is 0 Å². The number of carbonyl (C=O) groups is 1. The Kier molecular flexibility index (Phi) is 3.23. The molecule has 0 radical (unpaired) electrons. The molecule has 0 saturated carbocycles. The van der Waals surface area contributed by atoms with Crippen molar-refractivity contribution < 1.29 is 4.79 Å². The quantitative estimate of drug-likeness (QED) is 0.826. The van der Waals surface area contributed by atoms with Crippen molar-refractivity contribution in [2.75, 3.05) is 6.54 Å². The van der Waals surface area contributed by atoms with Crippen LogP contribution < -0.4 is 0 Å². The average molecular weight is 253 g/mol. The van der Waals surface area contributed by atoms with Gasteiger partial charge in [-0.25, -0.2) is 0 Å². The Labute approximate surface area is 112 Å². The summed E-state index contributed by atoms with van der Waals surface area (Å²) in [6, 6.07) is 7.68. The molecular formula is C15H15N3O. The molecule has 2 aromatic heterocycles. The molecule has 1 amide bonds. The van der Waals surface area contributed by atoms with E-state index in [2.05, 4.69) is 9.97 Å². The minimum absolute atomic E-state index is 0.0849. The van der Waals surface area contributed by atoms with E-state index in [1.165, 1.54) is 0 Å². The lowest BCUT2D eigenvalue weighted by molar-refractivity contribution is 0.0735. The van der Waals surface area contributed by atoms with Crippen molar-refractivity contribution in [1.29, 1.82) is 0 Å². The molecule has 19 heavy (non-hydrogen) atoms. The third kappa shape index (κ3) is 2.34. The number of rotatable bonds is 2. The fourth-order valence-electron chi connectivity index (χ4n) is 2.60. The lowest BCUT2D eigenvalue weighted by Gasteiger charge is -2.25. The van der Waals surface area contributed by atoms with Gasteiger partial charge in [0, 0.05) is 36.9 Å². The zero-order chi connectivity index (χ0) is 13.1. The molecule has 1 unspecified atom stereocenters. The van der Waals surface area contributed by atoms with E-state index in [-0.39, 0.29) is 11.9 Å². The second kappa shape index (κ2) is 5.18. The highest BCUT2D eigenvalue weighted by atomic mass is 16.2. The van der Waals surface area contributed by atoms with Gasteiger partial charge in [-0.3, -0.25) is 14.8 Å². The van der Waals surface area contributed by atoms with Crippen LogP contribution in [0, 0.1) is 0 Å². The highest BCUT2D eigenvalue weighted by Crippen LogP contribution is 2.32. The Morgan fingerprint density at radius 2 is 1.68 bits per heavy atom. The maximum atomic E-state index is 12.5. The van der Waals surface area contributed by atoms with Gasteiger partial charge >= 0.3 is 0 Å². The van der Waals surface area contributed by atoms with Gasteiger partial charge in [0.1, 0.15) is 0 Å². The van der Waals surface area contributed by atoms with Crippen LogP contribution in [0.1, 0.15) is 34.8 Å². The Hall–Kier alpha value is -2.23. The van der Waals surface area contributed by atoms with Gasteiger partial charge in [0.25, 0.3) is 5.91 Å². The number of aromatic nitrogens is 2. The smallest absolute Gasteiger partial charge is 0.254 e. The second-order valence-electron chi connectivity index (χ2n) is 4.67. The zero-order valence-corrected chi connectivity index (χ0v) is 10.6. The van der Waals surface area contributed by atoms with E-state index in [0.717, 1.165) is 24.9 Å². The molecule has 1 atom stereocenters. The maximum absolute atomic E-state index is 12.5. The lowest BCUT2D eigenvalue weighted by atomic mass is 10.1. The number of likely N-dealkylation sites (tertiary alicyclic amines) is 1. The summed E-state index contributed by atoms with van der Waals surface area (Å²) >= 11 is 0. The molecule has 1 aliphatic rings. The van der Waals surface area contributed by atoms with Crippen LogP contribution in [-0.4, -0.2) is 27.3 Å². The Morgan fingerprint density at radius 1 is 1.05 bits per heavy atom. The van der Waals surface area contributed by atoms with Gasteiger partial charge < -0.3 is 4.90 Å². The molecule has 1 saturated heterocycles. The van der Waals surface area contributed by atoms with Crippen molar-refractivity contribution in [3.8, 4) is 0 Å². The van der Waals surface area contributed by atoms with Crippen molar-refractivity contribution in [3.63, 3.8) is 0 Å². The highest BCUT2D eigenvalue weighted by molar-refractivity contribution is 5.94. The minimum atomic E-state index is 0.0849. The highest BCUT2D eigenvalue weighted by Gasteiger charge is 2.30. The van der Waals surface area contributed by atoms with E-state index < -0.39 is 0 Å². The van der Waals surface area contributed by atoms with Crippen LogP contribution in [0.15, 0.2) is 49.1 Å². The molecule has 4 heteroatoms. The molecule has 3 heterocycles. The molecule has 3 rings (SSSR count). The van der Waals surface area contributed by atoms with E-state index in [9.17, 15) is 4.79 Å². The van der Waals surface area contributed by atoms with Crippen LogP contribution in [0.25, 0.3) is 0 Å². The molecule has 0 aromatic carbocycles. The minimum Gasteiger partial charge on any atom is -0.332 e. The van der Waals surface area contributed by atoms with Gasteiger partial charge in [0.15, 0.2) is 0 Å². The van der Waals surface area contributed by atoms with Crippen molar-refractivity contribution in [2.24, 2.45) is 0 Å². The van der Waals surface area contributed by atoms with Gasteiger partial charge in [0.2, 0.25) is 0 Å². The van der Waals surface area contributed by atoms with E-state index in [1.807, 2.05) is 17.0 Å². The molecule has 4 nitrogen and oxygen atoms in total. The number of nitrogens with zero attached hydrogens (tertiary/aromatic N) is 3. The summed E-state index contributed by atoms with van der Waals surface area (Å²) in [6.45, 7) is 0.814. The summed E-state index contributed by atoms with van der Waals surface area (Å²) in [5.41, 5.74) is 1.87. The first-order chi connectivity index (χ1) is 9.36. The van der Waals surface area contributed by atoms with Crippen molar-refractivity contribution >= 4 is 5.91 Å². The number of hydrogen-bond donors (Lipinski definition) is 0. The standard InChI is InChI=1S/C15H15N3O/c19-15(13-5-9-17-10-6-13)18-11-1-2-14(18)12-3-7-16-8-4-12/h3-10,14H,1-2,11H2. The number of carbonyl (C=O) groups excluding carboxylic acids is 1. The average Bonchev–Trinajstić information content (AvgIpc) is 2.98. The van der Waals surface area contributed by atoms with E-state index in [0.29, 0.717) is 5.56 Å². The lowest BCUT2D eigenvalue weighted by Crippen LogP contribution is -2.30. The van der Waals surface area contributed by atoms with Gasteiger partial charge in [-0.2, -0.15) is 0 Å². The Morgan fingerprint density at radius 3 is 2.37 bits per heavy atom. The largest absolute Gasteiger partial charge is 0.332 e. The van der Waals surface area contributed by atoms with Crippen molar-refractivity contribution in [1.82, 2.24) is 14.9 Å². The number of amides is 1. The SMILES string of the molecule is O=C(c1ccncc1)N1CCCC1c1ccncc1. The van der Waals surface area contributed by atoms with Crippen molar-refractivity contribution in [2.45, 2.75) is 18.9 Å². The molecule has 1 aliphatic heterocycles. The normalized spacial score (nSPS) is 18.5. The van der Waals surface area contributed by atoms with Gasteiger partial charge in [-0.05, 0) is 42.7 Å². The summed E-state index contributed by atoms with van der Waals surface area (Å²) in [6.07, 6.45) is 8.94. The topological polar surface area (TPSA) is 46.1 Å². The molecule has 0 spiro atoms. The molecule has 2 aromatic rings. The summed E-state index contributed by atoms with van der Waals surface area (Å²) in [7, 11) is 0. The van der Waals surface area contributed by atoms with Gasteiger partial charge in [-0.15, -0.1) is 0 Å². The first kappa shape index (κ1) is 11.8. The van der Waals surface area contributed by atoms with Gasteiger partial charge in [0.05, 0.1) is 6.04 Å². The van der Waals surface area contributed by atoms with Crippen LogP contribution in [0.3, 0.4) is 0 Å². The summed E-state index contributed by atoms with van der Waals surface area (Å²) in [5, 5.41) is 0. The van der Waals surface area contributed by atoms with Gasteiger partial charge in [-0.1, -0.05) is 0 Å². The van der Waals surface area contributed by atoms with Crippen LogP contribution in [0.5, 0.6) is 0 Å². The molecule has 96 valence electrons. The number of pyridine rings is 2. The molecular weight excluding hydrogens is 238 g/mol. The fourth-order valence-corrected chi connectivity index (χ4v) is 2.60. The Bertz CT molecular complexity index is 556. The predicted octanol–water partition coefficient (Wildman–Crippen LogP) is 2.45. The summed E-state index contributed by atoms with van der Waals surface area (Å²) in [5.74, 6) is 0.0849. The van der Waals surface area contributed by atoms with Crippen LogP contribution in [0.4, 0.5) is 0 Å². The van der Waals surface area contributed by atoms with E-state index in [4.69, 9.17) is 0 Å². The van der Waals surface area contributed by atoms with Crippen LogP contribution in [0.2, 0.25) is 0 Å². The molecule has 0 N–H and O–H groups in total. The monoisotopic (exact) mass is 253 g/mol. The first-order valence-electron chi connectivity index (χ1n) is 6.47. The molecule has 0 aliphatic carbocycles. The van der Waals surface area contributed by atoms with E-state index in [1.54, 1.807) is 36.9 Å². The second-order valence-corrected chi connectivity index (χ2v) is 4.67. The molecule has 0 bridgehead atoms. The third-order valence-corrected chi connectivity index (χ3v) is 3.53. The zero-order valence-electron chi connectivity index (χ0n) is 10.6. The fraction of sp³-hybridized carbons (Fsp3) is 0.267. The van der Waals surface area contributed by atoms with E-state index >= 15 is 0 Å². The summed E-state index contributed by atoms with van der Waals surface area (Å²) < 4.78 is 0. The number of hydrogen-bond acceptors (Lipinski definition) is 3. The Balaban J connectivity index is 1.86. The third-order valence-electron chi connectivity index (χ3n) is 3.53. The maximum Gasteiger partial charge on any atom is 0.254 e. The predicted molar refractivity (Wildman–Crippen MR) is 71.5 cm³/mol. The van der Waals surface area contributed by atoms with Crippen molar-refractivity contribution in [3.05, 3.63) is 60.2 Å².